The first kappa shape index (κ1) is 14.5. The van der Waals surface area contributed by atoms with Gasteiger partial charge in [0.2, 0.25) is 0 Å². The third-order valence-corrected chi connectivity index (χ3v) is 4.20. The van der Waals surface area contributed by atoms with Crippen LogP contribution in [0.1, 0.15) is 5.56 Å². The molecule has 2 rings (SSSR count). The van der Waals surface area contributed by atoms with Crippen molar-refractivity contribution >= 4 is 33.0 Å². The van der Waals surface area contributed by atoms with Crippen molar-refractivity contribution in [3.8, 4) is 0 Å². The number of rotatable bonds is 3. The van der Waals surface area contributed by atoms with Gasteiger partial charge < -0.3 is 5.73 Å². The van der Waals surface area contributed by atoms with Crippen molar-refractivity contribution in [2.45, 2.75) is 11.8 Å². The molecule has 0 unspecified atom stereocenters. The molecule has 2 aromatic rings. The number of anilines is 2. The molecule has 20 heavy (non-hydrogen) atoms. The number of hydrogen-bond acceptors (Lipinski definition) is 4. The fraction of sp³-hybridized carbons (Fsp3) is 0.0833. The van der Waals surface area contributed by atoms with Crippen LogP contribution in [-0.4, -0.2) is 13.4 Å². The van der Waals surface area contributed by atoms with Crippen LogP contribution in [0.5, 0.6) is 0 Å². The molecule has 0 spiro atoms. The van der Waals surface area contributed by atoms with E-state index in [9.17, 15) is 12.8 Å². The van der Waals surface area contributed by atoms with Crippen LogP contribution in [0.4, 0.5) is 15.8 Å². The van der Waals surface area contributed by atoms with Gasteiger partial charge in [0.15, 0.2) is 5.15 Å². The largest absolute Gasteiger partial charge is 0.399 e. The van der Waals surface area contributed by atoms with Crippen LogP contribution in [0, 0.1) is 12.7 Å². The molecule has 0 aliphatic carbocycles. The van der Waals surface area contributed by atoms with Gasteiger partial charge in [-0.3, -0.25) is 4.72 Å². The number of nitrogens with one attached hydrogen (secondary N) is 1. The molecule has 0 amide bonds. The second kappa shape index (κ2) is 5.26. The summed E-state index contributed by atoms with van der Waals surface area (Å²) >= 11 is 5.76. The summed E-state index contributed by atoms with van der Waals surface area (Å²) in [6.07, 6.45) is 1.41. The Balaban J connectivity index is 2.49. The van der Waals surface area contributed by atoms with Crippen molar-refractivity contribution in [3.05, 3.63) is 47.0 Å². The Morgan fingerprint density at radius 2 is 2.10 bits per heavy atom. The summed E-state index contributed by atoms with van der Waals surface area (Å²) < 4.78 is 40.5. The van der Waals surface area contributed by atoms with Gasteiger partial charge in [0.25, 0.3) is 10.0 Å². The molecule has 0 radical (unpaired) electrons. The second-order valence-electron chi connectivity index (χ2n) is 4.10. The van der Waals surface area contributed by atoms with E-state index in [2.05, 4.69) is 9.71 Å². The van der Waals surface area contributed by atoms with Crippen LogP contribution in [-0.2, 0) is 10.0 Å². The molecule has 106 valence electrons. The molecule has 0 saturated heterocycles. The Morgan fingerprint density at radius 1 is 1.40 bits per heavy atom. The summed E-state index contributed by atoms with van der Waals surface area (Å²) in [5.74, 6) is -0.855. The van der Waals surface area contributed by atoms with Crippen molar-refractivity contribution in [1.29, 1.82) is 0 Å². The van der Waals surface area contributed by atoms with Crippen LogP contribution in [0.15, 0.2) is 35.4 Å². The molecule has 1 aromatic heterocycles. The first-order chi connectivity index (χ1) is 9.31. The zero-order chi connectivity index (χ0) is 14.9. The lowest BCUT2D eigenvalue weighted by molar-refractivity contribution is 0.565. The molecule has 1 heterocycles. The predicted molar refractivity (Wildman–Crippen MR) is 75.6 cm³/mol. The van der Waals surface area contributed by atoms with Crippen molar-refractivity contribution in [3.63, 3.8) is 0 Å². The smallest absolute Gasteiger partial charge is 0.265 e. The zero-order valence-electron chi connectivity index (χ0n) is 10.4. The van der Waals surface area contributed by atoms with E-state index in [1.807, 2.05) is 0 Å². The highest BCUT2D eigenvalue weighted by atomic mass is 35.5. The van der Waals surface area contributed by atoms with E-state index < -0.39 is 20.7 Å². The summed E-state index contributed by atoms with van der Waals surface area (Å²) in [5, 5.41) is -0.0305. The van der Waals surface area contributed by atoms with Gasteiger partial charge in [0.1, 0.15) is 10.7 Å². The minimum atomic E-state index is -4.14. The lowest BCUT2D eigenvalue weighted by atomic mass is 10.2. The average molecular weight is 316 g/mol. The fourth-order valence-corrected chi connectivity index (χ4v) is 3.10. The Hall–Kier alpha value is -1.86. The highest BCUT2D eigenvalue weighted by Gasteiger charge is 2.22. The molecule has 0 aliphatic heterocycles. The number of halogens is 2. The quantitative estimate of drug-likeness (QED) is 0.673. The van der Waals surface area contributed by atoms with E-state index in [0.717, 1.165) is 6.07 Å². The average Bonchev–Trinajstić information content (AvgIpc) is 2.36. The predicted octanol–water partition coefficient (Wildman–Crippen LogP) is 2.57. The minimum absolute atomic E-state index is 0.0305. The third kappa shape index (κ3) is 2.83. The molecule has 0 bridgehead atoms. The molecule has 0 fully saturated rings. The summed E-state index contributed by atoms with van der Waals surface area (Å²) in [6, 6.07) is 5.33. The van der Waals surface area contributed by atoms with Gasteiger partial charge in [-0.15, -0.1) is 0 Å². The summed E-state index contributed by atoms with van der Waals surface area (Å²) in [5.41, 5.74) is 5.91. The van der Waals surface area contributed by atoms with Crippen molar-refractivity contribution in [2.24, 2.45) is 0 Å². The number of nitrogens with two attached hydrogens (primary N) is 1. The molecular weight excluding hydrogens is 305 g/mol. The van der Waals surface area contributed by atoms with Crippen LogP contribution in [0.3, 0.4) is 0 Å². The summed E-state index contributed by atoms with van der Waals surface area (Å²) in [6.45, 7) is 1.43. The Labute approximate surface area is 120 Å². The van der Waals surface area contributed by atoms with Crippen molar-refractivity contribution < 1.29 is 12.8 Å². The topological polar surface area (TPSA) is 85.1 Å². The summed E-state index contributed by atoms with van der Waals surface area (Å²) in [4.78, 5) is 3.20. The maximum Gasteiger partial charge on any atom is 0.265 e. The lowest BCUT2D eigenvalue weighted by Crippen LogP contribution is -2.16. The molecule has 0 aliphatic rings. The van der Waals surface area contributed by atoms with Crippen LogP contribution >= 0.6 is 11.6 Å². The van der Waals surface area contributed by atoms with Crippen molar-refractivity contribution in [2.75, 3.05) is 10.5 Å². The Morgan fingerprint density at radius 3 is 2.75 bits per heavy atom. The normalized spacial score (nSPS) is 11.3. The standard InChI is InChI=1S/C12H11ClFN3O2S/c1-7-5-8(15)6-10(11(7)14)20(18,19)17-9-3-2-4-16-12(9)13/h2-6,17H,15H2,1H3. The highest BCUT2D eigenvalue weighted by molar-refractivity contribution is 7.92. The summed E-state index contributed by atoms with van der Waals surface area (Å²) in [7, 11) is -4.14. The van der Waals surface area contributed by atoms with Gasteiger partial charge in [0.05, 0.1) is 5.69 Å². The second-order valence-corrected chi connectivity index (χ2v) is 6.11. The molecular formula is C12H11ClFN3O2S. The number of benzene rings is 1. The van der Waals surface area contributed by atoms with Crippen LogP contribution in [0.2, 0.25) is 5.15 Å². The molecule has 1 aromatic carbocycles. The fourth-order valence-electron chi connectivity index (χ4n) is 1.62. The number of sulfonamides is 1. The van der Waals surface area contributed by atoms with E-state index in [0.29, 0.717) is 0 Å². The maximum atomic E-state index is 14.0. The number of aromatic nitrogens is 1. The van der Waals surface area contributed by atoms with Gasteiger partial charge in [0, 0.05) is 11.9 Å². The first-order valence-corrected chi connectivity index (χ1v) is 7.36. The van der Waals surface area contributed by atoms with E-state index in [1.165, 1.54) is 31.3 Å². The van der Waals surface area contributed by atoms with E-state index in [1.54, 1.807) is 0 Å². The van der Waals surface area contributed by atoms with E-state index in [-0.39, 0.29) is 22.1 Å². The Kier molecular flexibility index (Phi) is 3.82. The lowest BCUT2D eigenvalue weighted by Gasteiger charge is -2.11. The van der Waals surface area contributed by atoms with E-state index >= 15 is 0 Å². The maximum absolute atomic E-state index is 14.0. The number of aryl methyl sites for hydroxylation is 1. The first-order valence-electron chi connectivity index (χ1n) is 5.50. The van der Waals surface area contributed by atoms with Gasteiger partial charge in [-0.25, -0.2) is 17.8 Å². The van der Waals surface area contributed by atoms with Gasteiger partial charge >= 0.3 is 0 Å². The van der Waals surface area contributed by atoms with Crippen LogP contribution < -0.4 is 10.5 Å². The third-order valence-electron chi connectivity index (χ3n) is 2.54. The van der Waals surface area contributed by atoms with Crippen molar-refractivity contribution in [1.82, 2.24) is 4.98 Å². The van der Waals surface area contributed by atoms with E-state index in [4.69, 9.17) is 17.3 Å². The molecule has 0 atom stereocenters. The monoisotopic (exact) mass is 315 g/mol. The highest BCUT2D eigenvalue weighted by Crippen LogP contribution is 2.26. The SMILES string of the molecule is Cc1cc(N)cc(S(=O)(=O)Nc2cccnc2Cl)c1F. The zero-order valence-corrected chi connectivity index (χ0v) is 12.0. The van der Waals surface area contributed by atoms with Gasteiger partial charge in [-0.2, -0.15) is 0 Å². The van der Waals surface area contributed by atoms with Gasteiger partial charge in [-0.05, 0) is 36.8 Å². The molecule has 8 heteroatoms. The number of nitrogen functional groups attached to an aromatic ring is 1. The Bertz CT molecular complexity index is 765. The number of pyridine rings is 1. The molecule has 5 nitrogen and oxygen atoms in total. The molecule has 3 N–H and O–H groups in total. The minimum Gasteiger partial charge on any atom is -0.399 e. The number of nitrogens with zero attached hydrogens (tertiary/aromatic N) is 1. The number of hydrogen-bond donors (Lipinski definition) is 2. The molecule has 0 saturated carbocycles. The van der Waals surface area contributed by atoms with Gasteiger partial charge in [-0.1, -0.05) is 11.6 Å². The van der Waals surface area contributed by atoms with Crippen LogP contribution in [0.25, 0.3) is 0 Å².